The van der Waals surface area contributed by atoms with Crippen LogP contribution in [-0.2, 0) is 4.79 Å². The predicted octanol–water partition coefficient (Wildman–Crippen LogP) is 2.26. The van der Waals surface area contributed by atoms with Crippen LogP contribution in [0.2, 0.25) is 0 Å². The first-order valence-corrected chi connectivity index (χ1v) is 7.54. The number of amides is 1. The lowest BCUT2D eigenvalue weighted by atomic mass is 10.0. The van der Waals surface area contributed by atoms with E-state index in [1.54, 1.807) is 4.90 Å². The molecule has 0 bridgehead atoms. The molecule has 0 radical (unpaired) electrons. The van der Waals surface area contributed by atoms with E-state index in [-0.39, 0.29) is 17.6 Å². The van der Waals surface area contributed by atoms with Crippen LogP contribution in [-0.4, -0.2) is 28.5 Å². The first-order chi connectivity index (χ1) is 11.2. The number of benzene rings is 1. The van der Waals surface area contributed by atoms with Gasteiger partial charge in [-0.15, -0.1) is 0 Å². The molecule has 1 unspecified atom stereocenters. The minimum absolute atomic E-state index is 0.0336. The monoisotopic (exact) mass is 307 g/mol. The third-order valence-electron chi connectivity index (χ3n) is 3.87. The quantitative estimate of drug-likeness (QED) is 0.940. The molecule has 0 saturated carbocycles. The molecule has 1 aromatic heterocycles. The van der Waals surface area contributed by atoms with Crippen molar-refractivity contribution in [3.05, 3.63) is 47.9 Å². The number of anilines is 2. The number of piperidine rings is 1. The lowest BCUT2D eigenvalue weighted by Gasteiger charge is -2.33. The molecule has 6 heteroatoms. The first-order valence-electron chi connectivity index (χ1n) is 7.54. The number of carbonyl (C=O) groups excluding carboxylic acids is 1. The fourth-order valence-corrected chi connectivity index (χ4v) is 2.63. The topological polar surface area (TPSA) is 81.9 Å². The number of carbonyl (C=O) groups is 1. The summed E-state index contributed by atoms with van der Waals surface area (Å²) in [7, 11) is 0. The molecule has 1 fully saturated rings. The van der Waals surface area contributed by atoms with Gasteiger partial charge < -0.3 is 10.2 Å². The summed E-state index contributed by atoms with van der Waals surface area (Å²) in [5.41, 5.74) is 2.34. The van der Waals surface area contributed by atoms with Gasteiger partial charge in [0.25, 0.3) is 0 Å². The fourth-order valence-electron chi connectivity index (χ4n) is 2.63. The molecule has 2 aromatic rings. The van der Waals surface area contributed by atoms with Crippen molar-refractivity contribution >= 4 is 17.4 Å². The van der Waals surface area contributed by atoms with E-state index in [4.69, 9.17) is 5.26 Å². The van der Waals surface area contributed by atoms with E-state index in [9.17, 15) is 4.79 Å². The van der Waals surface area contributed by atoms with Gasteiger partial charge in [0.15, 0.2) is 5.69 Å². The Bertz CT molecular complexity index is 733. The summed E-state index contributed by atoms with van der Waals surface area (Å²) >= 11 is 0. The standard InChI is InChI=1S/C17H17N5O/c1-12-4-6-14(7-5-12)22-8-2-3-15(17(22)23)21-16-11-19-13(9-18)10-20-16/h4-7,10-11,15H,2-3,8H2,1H3,(H,20,21). The normalized spacial score (nSPS) is 17.7. The minimum atomic E-state index is -0.327. The maximum absolute atomic E-state index is 12.7. The van der Waals surface area contributed by atoms with Gasteiger partial charge in [0.1, 0.15) is 17.9 Å². The molecule has 0 aliphatic carbocycles. The smallest absolute Gasteiger partial charge is 0.249 e. The number of hydrogen-bond acceptors (Lipinski definition) is 5. The average Bonchev–Trinajstić information content (AvgIpc) is 2.58. The highest BCUT2D eigenvalue weighted by Gasteiger charge is 2.29. The van der Waals surface area contributed by atoms with E-state index in [1.807, 2.05) is 37.3 Å². The molecule has 2 heterocycles. The summed E-state index contributed by atoms with van der Waals surface area (Å²) in [4.78, 5) is 22.6. The van der Waals surface area contributed by atoms with Crippen molar-refractivity contribution in [2.45, 2.75) is 25.8 Å². The molecule has 3 rings (SSSR count). The van der Waals surface area contributed by atoms with Crippen molar-refractivity contribution in [3.63, 3.8) is 0 Å². The van der Waals surface area contributed by atoms with Crippen molar-refractivity contribution in [3.8, 4) is 6.07 Å². The van der Waals surface area contributed by atoms with Gasteiger partial charge in [-0.1, -0.05) is 17.7 Å². The molecule has 1 saturated heterocycles. The lowest BCUT2D eigenvalue weighted by Crippen LogP contribution is -2.47. The second kappa shape index (κ2) is 6.44. The summed E-state index contributed by atoms with van der Waals surface area (Å²) in [5.74, 6) is 0.541. The van der Waals surface area contributed by atoms with Gasteiger partial charge in [-0.05, 0) is 31.9 Å². The van der Waals surface area contributed by atoms with E-state index in [0.29, 0.717) is 5.82 Å². The number of hydrogen-bond donors (Lipinski definition) is 1. The molecule has 116 valence electrons. The highest BCUT2D eigenvalue weighted by atomic mass is 16.2. The number of nitrogens with zero attached hydrogens (tertiary/aromatic N) is 4. The number of aromatic nitrogens is 2. The molecule has 1 amide bonds. The van der Waals surface area contributed by atoms with Crippen LogP contribution in [0, 0.1) is 18.3 Å². The van der Waals surface area contributed by atoms with E-state index in [0.717, 1.165) is 25.1 Å². The van der Waals surface area contributed by atoms with Gasteiger partial charge in [0.05, 0.1) is 12.4 Å². The van der Waals surface area contributed by atoms with Crippen LogP contribution < -0.4 is 10.2 Å². The Balaban J connectivity index is 1.74. The summed E-state index contributed by atoms with van der Waals surface area (Å²) < 4.78 is 0. The average molecular weight is 307 g/mol. The number of aryl methyl sites for hydroxylation is 1. The first kappa shape index (κ1) is 15.0. The highest BCUT2D eigenvalue weighted by molar-refractivity contribution is 5.99. The summed E-state index contributed by atoms with van der Waals surface area (Å²) in [6.45, 7) is 2.74. The Kier molecular flexibility index (Phi) is 4.20. The number of nitriles is 1. The molecule has 1 aromatic carbocycles. The van der Waals surface area contributed by atoms with Crippen molar-refractivity contribution in [2.75, 3.05) is 16.8 Å². The van der Waals surface area contributed by atoms with Crippen LogP contribution in [0.4, 0.5) is 11.5 Å². The van der Waals surface area contributed by atoms with E-state index in [1.165, 1.54) is 18.0 Å². The summed E-state index contributed by atoms with van der Waals surface area (Å²) in [6.07, 6.45) is 4.55. The summed E-state index contributed by atoms with van der Waals surface area (Å²) in [6, 6.07) is 9.55. The predicted molar refractivity (Wildman–Crippen MR) is 86.9 cm³/mol. The number of rotatable bonds is 3. The van der Waals surface area contributed by atoms with Crippen LogP contribution in [0.5, 0.6) is 0 Å². The highest BCUT2D eigenvalue weighted by Crippen LogP contribution is 2.23. The van der Waals surface area contributed by atoms with E-state index < -0.39 is 0 Å². The molecule has 23 heavy (non-hydrogen) atoms. The van der Waals surface area contributed by atoms with Gasteiger partial charge in [0.2, 0.25) is 5.91 Å². The molecule has 1 atom stereocenters. The third-order valence-corrected chi connectivity index (χ3v) is 3.87. The van der Waals surface area contributed by atoms with Gasteiger partial charge in [-0.25, -0.2) is 9.97 Å². The van der Waals surface area contributed by atoms with Crippen LogP contribution >= 0.6 is 0 Å². The zero-order chi connectivity index (χ0) is 16.2. The van der Waals surface area contributed by atoms with Crippen molar-refractivity contribution in [1.82, 2.24) is 9.97 Å². The zero-order valence-corrected chi connectivity index (χ0v) is 12.9. The van der Waals surface area contributed by atoms with Crippen LogP contribution in [0.15, 0.2) is 36.7 Å². The Hall–Kier alpha value is -2.94. The van der Waals surface area contributed by atoms with Crippen molar-refractivity contribution in [2.24, 2.45) is 0 Å². The molecule has 0 spiro atoms. The maximum Gasteiger partial charge on any atom is 0.249 e. The zero-order valence-electron chi connectivity index (χ0n) is 12.9. The van der Waals surface area contributed by atoms with Gasteiger partial charge in [0, 0.05) is 12.2 Å². The van der Waals surface area contributed by atoms with Gasteiger partial charge >= 0.3 is 0 Å². The van der Waals surface area contributed by atoms with Crippen molar-refractivity contribution < 1.29 is 4.79 Å². The third kappa shape index (κ3) is 3.29. The minimum Gasteiger partial charge on any atom is -0.357 e. The SMILES string of the molecule is Cc1ccc(N2CCCC(Nc3cnc(C#N)cn3)C2=O)cc1. The van der Waals surface area contributed by atoms with E-state index in [2.05, 4.69) is 15.3 Å². The Labute approximate surface area is 134 Å². The largest absolute Gasteiger partial charge is 0.357 e. The molecule has 6 nitrogen and oxygen atoms in total. The fraction of sp³-hybridized carbons (Fsp3) is 0.294. The van der Waals surface area contributed by atoms with Crippen LogP contribution in [0.3, 0.4) is 0 Å². The lowest BCUT2D eigenvalue weighted by molar-refractivity contribution is -0.120. The summed E-state index contributed by atoms with van der Waals surface area (Å²) in [5, 5.41) is 11.9. The Morgan fingerprint density at radius 3 is 2.70 bits per heavy atom. The molecular weight excluding hydrogens is 290 g/mol. The van der Waals surface area contributed by atoms with Crippen molar-refractivity contribution in [1.29, 1.82) is 5.26 Å². The van der Waals surface area contributed by atoms with Crippen LogP contribution in [0.25, 0.3) is 0 Å². The molecule has 1 N–H and O–H groups in total. The molecular formula is C17H17N5O. The second-order valence-electron chi connectivity index (χ2n) is 5.56. The molecule has 1 aliphatic rings. The van der Waals surface area contributed by atoms with Gasteiger partial charge in [-0.2, -0.15) is 5.26 Å². The Morgan fingerprint density at radius 1 is 1.26 bits per heavy atom. The van der Waals surface area contributed by atoms with Crippen LogP contribution in [0.1, 0.15) is 24.1 Å². The maximum atomic E-state index is 12.7. The van der Waals surface area contributed by atoms with Gasteiger partial charge in [-0.3, -0.25) is 4.79 Å². The molecule has 1 aliphatic heterocycles. The Morgan fingerprint density at radius 2 is 2.04 bits per heavy atom. The van der Waals surface area contributed by atoms with E-state index >= 15 is 0 Å². The second-order valence-corrected chi connectivity index (χ2v) is 5.56. The number of nitrogens with one attached hydrogen (secondary N) is 1.